The van der Waals surface area contributed by atoms with Crippen LogP contribution in [0.3, 0.4) is 0 Å². The van der Waals surface area contributed by atoms with Gasteiger partial charge in [-0.2, -0.15) is 0 Å². The summed E-state index contributed by atoms with van der Waals surface area (Å²) in [6.45, 7) is 6.84. The molecule has 0 radical (unpaired) electrons. The van der Waals surface area contributed by atoms with Gasteiger partial charge in [-0.3, -0.25) is 13.9 Å². The lowest BCUT2D eigenvalue weighted by Crippen LogP contribution is -2.39. The van der Waals surface area contributed by atoms with Gasteiger partial charge in [0.05, 0.1) is 18.1 Å². The van der Waals surface area contributed by atoms with Crippen LogP contribution in [0.5, 0.6) is 0 Å². The number of rotatable bonds is 12. The summed E-state index contributed by atoms with van der Waals surface area (Å²) in [5.41, 5.74) is 2.82. The highest BCUT2D eigenvalue weighted by Crippen LogP contribution is 2.22. The van der Waals surface area contributed by atoms with Crippen molar-refractivity contribution in [2.75, 3.05) is 26.2 Å². The number of carbonyl (C=O) groups excluding carboxylic acids is 1. The summed E-state index contributed by atoms with van der Waals surface area (Å²) < 4.78 is 24.4. The fraction of sp³-hybridized carbons (Fsp3) is 0.500. The molecule has 7 nitrogen and oxygen atoms in total. The van der Waals surface area contributed by atoms with Gasteiger partial charge in [-0.1, -0.05) is 67.9 Å². The Labute approximate surface area is 205 Å². The molecule has 0 saturated carbocycles. The predicted octanol–water partition coefficient (Wildman–Crippen LogP) is 3.11. The molecule has 1 amide bonds. The van der Waals surface area contributed by atoms with E-state index < -0.39 is 11.3 Å². The average Bonchev–Trinajstić information content (AvgIpc) is 3.26. The van der Waals surface area contributed by atoms with E-state index in [1.165, 1.54) is 4.31 Å². The van der Waals surface area contributed by atoms with E-state index in [9.17, 15) is 18.7 Å². The van der Waals surface area contributed by atoms with E-state index in [-0.39, 0.29) is 24.0 Å². The minimum Gasteiger partial charge on any atom is -0.760 e. The zero-order valence-corrected chi connectivity index (χ0v) is 20.9. The van der Waals surface area contributed by atoms with Crippen LogP contribution in [0.25, 0.3) is 0 Å². The van der Waals surface area contributed by atoms with Crippen molar-refractivity contribution in [3.63, 3.8) is 0 Å². The van der Waals surface area contributed by atoms with Gasteiger partial charge in [0.1, 0.15) is 0 Å². The average molecular weight is 487 g/mol. The first-order valence-electron chi connectivity index (χ1n) is 12.1. The van der Waals surface area contributed by atoms with Crippen LogP contribution in [0.15, 0.2) is 54.6 Å². The summed E-state index contributed by atoms with van der Waals surface area (Å²) in [7, 11) is 0. The van der Waals surface area contributed by atoms with E-state index in [2.05, 4.69) is 10.2 Å². The second-order valence-electron chi connectivity index (χ2n) is 9.07. The smallest absolute Gasteiger partial charge is 0.227 e. The monoisotopic (exact) mass is 486 g/mol. The van der Waals surface area contributed by atoms with Gasteiger partial charge in [0.25, 0.3) is 0 Å². The maximum Gasteiger partial charge on any atom is 0.227 e. The molecule has 0 aromatic heterocycles. The van der Waals surface area contributed by atoms with Gasteiger partial charge in [0.15, 0.2) is 0 Å². The van der Waals surface area contributed by atoms with Crippen LogP contribution in [0.2, 0.25) is 0 Å². The van der Waals surface area contributed by atoms with Gasteiger partial charge in [0, 0.05) is 44.0 Å². The lowest BCUT2D eigenvalue weighted by molar-refractivity contribution is -0.123. The maximum absolute atomic E-state index is 13.2. The highest BCUT2D eigenvalue weighted by molar-refractivity contribution is 7.76. The summed E-state index contributed by atoms with van der Waals surface area (Å²) in [5.74, 6) is -0.416. The van der Waals surface area contributed by atoms with Crippen molar-refractivity contribution in [3.05, 3.63) is 71.3 Å². The predicted molar refractivity (Wildman–Crippen MR) is 133 cm³/mol. The molecule has 2 N–H and O–H groups in total. The minimum atomic E-state index is -2.26. The van der Waals surface area contributed by atoms with Crippen LogP contribution in [0.4, 0.5) is 0 Å². The minimum absolute atomic E-state index is 0.0633. The Kier molecular flexibility index (Phi) is 10.2. The molecule has 4 atom stereocenters. The molecule has 1 aliphatic heterocycles. The normalized spacial score (nSPS) is 19.1. The van der Waals surface area contributed by atoms with Crippen LogP contribution in [-0.2, 0) is 22.6 Å². The second-order valence-corrected chi connectivity index (χ2v) is 10.0. The van der Waals surface area contributed by atoms with Crippen LogP contribution in [0, 0.1) is 0 Å². The lowest BCUT2D eigenvalue weighted by atomic mass is 9.97. The highest BCUT2D eigenvalue weighted by atomic mass is 32.2. The number of benzene rings is 2. The molecule has 1 heterocycles. The van der Waals surface area contributed by atoms with Gasteiger partial charge >= 0.3 is 0 Å². The van der Waals surface area contributed by atoms with Crippen molar-refractivity contribution in [1.82, 2.24) is 14.5 Å². The van der Waals surface area contributed by atoms with E-state index in [0.29, 0.717) is 26.2 Å². The molecule has 0 bridgehead atoms. The molecule has 2 aromatic carbocycles. The van der Waals surface area contributed by atoms with Crippen LogP contribution in [0.1, 0.15) is 61.8 Å². The number of aliphatic hydroxyl groups excluding tert-OH is 1. The highest BCUT2D eigenvalue weighted by Gasteiger charge is 2.26. The first kappa shape index (κ1) is 26.5. The molecule has 4 unspecified atom stereocenters. The standard InChI is InChI=1S/C26H37N3O4S/c1-3-4-15-29(34(32)33)17-21-10-12-22(13-11-21)20(2)26(31)27-25(23-8-6-5-7-9-23)19-28-16-14-24(30)18-28/h5-13,20,24-25,30H,3-4,14-19H2,1-2H3,(H,27,31)(H,32,33)/p-1. The molecule has 1 aliphatic rings. The Balaban J connectivity index is 1.64. The fourth-order valence-electron chi connectivity index (χ4n) is 4.26. The molecule has 0 aliphatic carbocycles. The Morgan fingerprint density at radius 3 is 2.50 bits per heavy atom. The molecule has 1 fully saturated rings. The topological polar surface area (TPSA) is 95.9 Å². The number of amides is 1. The third-order valence-electron chi connectivity index (χ3n) is 6.41. The summed E-state index contributed by atoms with van der Waals surface area (Å²) in [5, 5.41) is 13.1. The van der Waals surface area contributed by atoms with Crippen molar-refractivity contribution < 1.29 is 18.7 Å². The number of nitrogens with zero attached hydrogens (tertiary/aromatic N) is 2. The van der Waals surface area contributed by atoms with Gasteiger partial charge in [0.2, 0.25) is 5.91 Å². The fourth-order valence-corrected chi connectivity index (χ4v) is 4.79. The van der Waals surface area contributed by atoms with E-state index in [1.807, 2.05) is 68.4 Å². The van der Waals surface area contributed by atoms with Gasteiger partial charge in [-0.25, -0.2) is 4.31 Å². The first-order valence-corrected chi connectivity index (χ1v) is 13.1. The van der Waals surface area contributed by atoms with Crippen molar-refractivity contribution in [2.45, 2.75) is 57.7 Å². The summed E-state index contributed by atoms with van der Waals surface area (Å²) in [4.78, 5) is 15.4. The zero-order valence-electron chi connectivity index (χ0n) is 20.1. The summed E-state index contributed by atoms with van der Waals surface area (Å²) in [6, 6.07) is 17.3. The molecular weight excluding hydrogens is 450 g/mol. The molecule has 3 rings (SSSR count). The van der Waals surface area contributed by atoms with Crippen molar-refractivity contribution >= 4 is 17.2 Å². The molecule has 8 heteroatoms. The summed E-state index contributed by atoms with van der Waals surface area (Å²) >= 11 is -2.26. The number of nitrogens with one attached hydrogen (secondary N) is 1. The number of β-amino-alcohol motifs (C(OH)–C–C–N with tert-alkyl or cyclic N) is 1. The number of unbranched alkanes of at least 4 members (excludes halogenated alkanes) is 1. The largest absolute Gasteiger partial charge is 0.760 e. The molecular formula is C26H36N3O4S-. The van der Waals surface area contributed by atoms with Crippen LogP contribution < -0.4 is 5.32 Å². The van der Waals surface area contributed by atoms with Crippen molar-refractivity contribution in [2.24, 2.45) is 0 Å². The first-order chi connectivity index (χ1) is 16.4. The maximum atomic E-state index is 13.2. The Bertz CT molecular complexity index is 925. The number of aliphatic hydroxyl groups is 1. The van der Waals surface area contributed by atoms with Crippen molar-refractivity contribution in [3.8, 4) is 0 Å². The zero-order chi connectivity index (χ0) is 24.5. The molecule has 1 saturated heterocycles. The SMILES string of the molecule is CCCCN(Cc1ccc(C(C)C(=O)NC(CN2CCC(O)C2)c2ccccc2)cc1)S(=O)[O-]. The molecule has 186 valence electrons. The molecule has 2 aromatic rings. The van der Waals surface area contributed by atoms with Crippen LogP contribution >= 0.6 is 0 Å². The lowest BCUT2D eigenvalue weighted by Gasteiger charge is -2.26. The third-order valence-corrected chi connectivity index (χ3v) is 7.14. The number of likely N-dealkylation sites (tertiary alicyclic amines) is 1. The van der Waals surface area contributed by atoms with Gasteiger partial charge in [-0.05, 0) is 36.5 Å². The Hall–Kier alpha value is -2.10. The van der Waals surface area contributed by atoms with Gasteiger partial charge < -0.3 is 15.0 Å². The van der Waals surface area contributed by atoms with Crippen molar-refractivity contribution in [1.29, 1.82) is 0 Å². The third kappa shape index (κ3) is 7.71. The number of hydrogen-bond acceptors (Lipinski definition) is 5. The van der Waals surface area contributed by atoms with Gasteiger partial charge in [-0.15, -0.1) is 0 Å². The Morgan fingerprint density at radius 1 is 1.21 bits per heavy atom. The second kappa shape index (κ2) is 13.1. The molecule has 34 heavy (non-hydrogen) atoms. The van der Waals surface area contributed by atoms with E-state index in [1.54, 1.807) is 0 Å². The number of hydrogen-bond donors (Lipinski definition) is 2. The number of carbonyl (C=O) groups is 1. The Morgan fingerprint density at radius 2 is 1.91 bits per heavy atom. The van der Waals surface area contributed by atoms with E-state index in [0.717, 1.165) is 42.5 Å². The van der Waals surface area contributed by atoms with E-state index in [4.69, 9.17) is 0 Å². The summed E-state index contributed by atoms with van der Waals surface area (Å²) in [6.07, 6.45) is 2.21. The van der Waals surface area contributed by atoms with Crippen LogP contribution in [-0.4, -0.2) is 61.3 Å². The quantitative estimate of drug-likeness (QED) is 0.450. The molecule has 0 spiro atoms. The van der Waals surface area contributed by atoms with E-state index >= 15 is 0 Å².